The number of fused-ring (bicyclic) bond motifs is 1. The van der Waals surface area contributed by atoms with E-state index in [0.29, 0.717) is 12.3 Å². The summed E-state index contributed by atoms with van der Waals surface area (Å²) in [6, 6.07) is 7.28. The fourth-order valence-electron chi connectivity index (χ4n) is 3.92. The molecule has 2 aliphatic rings. The minimum absolute atomic E-state index is 0.0944. The lowest BCUT2D eigenvalue weighted by atomic mass is 9.93. The van der Waals surface area contributed by atoms with Gasteiger partial charge in [0.25, 0.3) is 0 Å². The second-order valence-corrected chi connectivity index (χ2v) is 7.53. The number of aliphatic hydroxyl groups is 2. The van der Waals surface area contributed by atoms with Gasteiger partial charge in [0.15, 0.2) is 17.7 Å². The van der Waals surface area contributed by atoms with Crippen molar-refractivity contribution in [2.45, 2.75) is 50.8 Å². The highest BCUT2D eigenvalue weighted by molar-refractivity contribution is 6.00. The number of benzene rings is 1. The van der Waals surface area contributed by atoms with Gasteiger partial charge in [0, 0.05) is 18.3 Å². The lowest BCUT2D eigenvalue weighted by Crippen LogP contribution is -2.44. The molecular weight excluding hydrogens is 393 g/mol. The van der Waals surface area contributed by atoms with Gasteiger partial charge < -0.3 is 19.7 Å². The lowest BCUT2D eigenvalue weighted by molar-refractivity contribution is -0.0674. The molecular formula is C21H24FN3O5. The molecule has 0 bridgehead atoms. The molecule has 0 spiro atoms. The maximum absolute atomic E-state index is 15.3. The molecule has 1 fully saturated rings. The molecule has 30 heavy (non-hydrogen) atoms. The van der Waals surface area contributed by atoms with E-state index in [4.69, 9.17) is 9.47 Å². The Morgan fingerprint density at radius 3 is 2.93 bits per heavy atom. The summed E-state index contributed by atoms with van der Waals surface area (Å²) in [6.07, 6.45) is -1.95. The van der Waals surface area contributed by atoms with E-state index in [1.54, 1.807) is 6.92 Å². The topological polar surface area (TPSA) is 106 Å². The third kappa shape index (κ3) is 3.42. The highest BCUT2D eigenvalue weighted by Gasteiger charge is 2.57. The van der Waals surface area contributed by atoms with E-state index in [1.807, 2.05) is 25.1 Å². The van der Waals surface area contributed by atoms with Crippen LogP contribution in [0.2, 0.25) is 0 Å². The number of rotatable bonds is 5. The zero-order valence-electron chi connectivity index (χ0n) is 16.8. The number of hydrogen-bond acceptors (Lipinski definition) is 7. The average molecular weight is 417 g/mol. The highest BCUT2D eigenvalue weighted by atomic mass is 19.1. The van der Waals surface area contributed by atoms with E-state index < -0.39 is 36.4 Å². The summed E-state index contributed by atoms with van der Waals surface area (Å²) in [4.78, 5) is 20.9. The number of alkyl halides is 1. The minimum atomic E-state index is -2.22. The van der Waals surface area contributed by atoms with Gasteiger partial charge in [-0.1, -0.05) is 6.92 Å². The van der Waals surface area contributed by atoms with Crippen molar-refractivity contribution in [2.75, 3.05) is 13.2 Å². The first-order valence-corrected chi connectivity index (χ1v) is 9.91. The number of halogens is 1. The molecule has 2 aromatic rings. The van der Waals surface area contributed by atoms with E-state index in [-0.39, 0.29) is 12.2 Å². The molecule has 0 aliphatic carbocycles. The monoisotopic (exact) mass is 417 g/mol. The zero-order chi connectivity index (χ0) is 21.5. The Labute approximate surface area is 172 Å². The highest BCUT2D eigenvalue weighted by Crippen LogP contribution is 2.43. The molecule has 1 aromatic heterocycles. The van der Waals surface area contributed by atoms with Crippen LogP contribution < -0.4 is 10.4 Å². The van der Waals surface area contributed by atoms with Gasteiger partial charge in [-0.2, -0.15) is 4.98 Å². The van der Waals surface area contributed by atoms with Crippen molar-refractivity contribution < 1.29 is 24.1 Å². The molecule has 0 saturated carbocycles. The van der Waals surface area contributed by atoms with E-state index in [9.17, 15) is 15.0 Å². The van der Waals surface area contributed by atoms with Crippen LogP contribution in [0.5, 0.6) is 5.75 Å². The number of nitrogens with zero attached hydrogens (tertiary/aromatic N) is 3. The van der Waals surface area contributed by atoms with E-state index in [2.05, 4.69) is 9.98 Å². The van der Waals surface area contributed by atoms with Gasteiger partial charge in [0.05, 0.1) is 13.2 Å². The molecule has 0 radical (unpaired) electrons. The number of hydrogen-bond donors (Lipinski definition) is 2. The minimum Gasteiger partial charge on any atom is -0.493 e. The molecule has 1 aromatic carbocycles. The summed E-state index contributed by atoms with van der Waals surface area (Å²) in [5.41, 5.74) is -0.286. The van der Waals surface area contributed by atoms with Gasteiger partial charge in [-0.25, -0.2) is 14.2 Å². The predicted octanol–water partition coefficient (Wildman–Crippen LogP) is 1.69. The Morgan fingerprint density at radius 2 is 2.23 bits per heavy atom. The van der Waals surface area contributed by atoms with Crippen LogP contribution in [-0.2, 0) is 11.2 Å². The molecule has 9 heteroatoms. The summed E-state index contributed by atoms with van der Waals surface area (Å²) >= 11 is 0. The summed E-state index contributed by atoms with van der Waals surface area (Å²) < 4.78 is 27.3. The van der Waals surface area contributed by atoms with E-state index in [1.165, 1.54) is 12.3 Å². The summed E-state index contributed by atoms with van der Waals surface area (Å²) in [5.74, 6) is 1.06. The van der Waals surface area contributed by atoms with Crippen LogP contribution in [-0.4, -0.2) is 56.6 Å². The third-order valence-electron chi connectivity index (χ3n) is 5.74. The Bertz CT molecular complexity index is 1040. The zero-order valence-corrected chi connectivity index (χ0v) is 16.8. The Kier molecular flexibility index (Phi) is 5.44. The lowest BCUT2D eigenvalue weighted by Gasteiger charge is -2.27. The van der Waals surface area contributed by atoms with Crippen molar-refractivity contribution >= 4 is 11.5 Å². The van der Waals surface area contributed by atoms with Crippen LogP contribution in [0, 0.1) is 0 Å². The maximum atomic E-state index is 15.3. The number of aliphatic imine (C=N–C) groups is 1. The smallest absolute Gasteiger partial charge is 0.351 e. The predicted molar refractivity (Wildman–Crippen MR) is 107 cm³/mol. The second-order valence-electron chi connectivity index (χ2n) is 7.53. The molecule has 160 valence electrons. The first-order valence-electron chi connectivity index (χ1n) is 9.91. The summed E-state index contributed by atoms with van der Waals surface area (Å²) in [6.45, 7) is 3.47. The normalized spacial score (nSPS) is 28.4. The van der Waals surface area contributed by atoms with Gasteiger partial charge in [0.2, 0.25) is 0 Å². The fourth-order valence-corrected chi connectivity index (χ4v) is 3.92. The molecule has 4 rings (SSSR count). The summed E-state index contributed by atoms with van der Waals surface area (Å²) in [7, 11) is 0. The van der Waals surface area contributed by atoms with Gasteiger partial charge >= 0.3 is 5.69 Å². The van der Waals surface area contributed by atoms with Gasteiger partial charge in [-0.05, 0) is 48.7 Å². The molecule has 2 aliphatic heterocycles. The molecule has 4 unspecified atom stereocenters. The van der Waals surface area contributed by atoms with Crippen LogP contribution in [0.3, 0.4) is 0 Å². The molecule has 0 amide bonds. The van der Waals surface area contributed by atoms with Crippen molar-refractivity contribution in [3.8, 4) is 5.75 Å². The second kappa shape index (κ2) is 7.90. The Hall–Kier alpha value is -2.62. The van der Waals surface area contributed by atoms with Crippen molar-refractivity contribution in [3.63, 3.8) is 0 Å². The number of ether oxygens (including phenoxy) is 2. The van der Waals surface area contributed by atoms with E-state index in [0.717, 1.165) is 27.9 Å². The molecule has 2 N–H and O–H groups in total. The van der Waals surface area contributed by atoms with Crippen LogP contribution >= 0.6 is 0 Å². The van der Waals surface area contributed by atoms with E-state index >= 15 is 4.39 Å². The number of aliphatic hydroxyl groups excluding tert-OH is 2. The number of aromatic nitrogens is 2. The molecule has 3 heterocycles. The van der Waals surface area contributed by atoms with Crippen LogP contribution in [0.25, 0.3) is 0 Å². The SMILES string of the molecule is CCC1(F)C(O)C(CO)OC1n1ccc(N=C(C)c2ccc3c(c2)CCO3)nc1=O. The average Bonchev–Trinajstić information content (AvgIpc) is 3.31. The van der Waals surface area contributed by atoms with Crippen molar-refractivity contribution in [1.29, 1.82) is 0 Å². The van der Waals surface area contributed by atoms with Crippen LogP contribution in [0.15, 0.2) is 40.2 Å². The van der Waals surface area contributed by atoms with Gasteiger partial charge in [-0.3, -0.25) is 4.57 Å². The van der Waals surface area contributed by atoms with Gasteiger partial charge in [-0.15, -0.1) is 0 Å². The first kappa shape index (κ1) is 20.6. The standard InChI is InChI=1S/C21H24FN3O5/c1-3-21(22)18(27)16(11-26)30-19(21)25-8-6-17(24-20(25)28)23-12(2)13-4-5-15-14(10-13)7-9-29-15/h4-6,8,10,16,18-19,26-27H,3,7,9,11H2,1-2H3. The van der Waals surface area contributed by atoms with Crippen LogP contribution in [0.1, 0.15) is 37.6 Å². The summed E-state index contributed by atoms with van der Waals surface area (Å²) in [5, 5.41) is 19.5. The van der Waals surface area contributed by atoms with Crippen molar-refractivity contribution in [3.05, 3.63) is 52.1 Å². The van der Waals surface area contributed by atoms with Crippen LogP contribution in [0.4, 0.5) is 10.2 Å². The van der Waals surface area contributed by atoms with Crippen molar-refractivity contribution in [1.82, 2.24) is 9.55 Å². The largest absolute Gasteiger partial charge is 0.493 e. The molecule has 8 nitrogen and oxygen atoms in total. The quantitative estimate of drug-likeness (QED) is 0.717. The van der Waals surface area contributed by atoms with Crippen molar-refractivity contribution in [2.24, 2.45) is 4.99 Å². The Morgan fingerprint density at radius 1 is 1.43 bits per heavy atom. The van der Waals surface area contributed by atoms with Gasteiger partial charge in [0.1, 0.15) is 18.0 Å². The first-order chi connectivity index (χ1) is 14.4. The molecule has 1 saturated heterocycles. The maximum Gasteiger partial charge on any atom is 0.351 e. The molecule has 4 atom stereocenters. The third-order valence-corrected chi connectivity index (χ3v) is 5.74. The Balaban J connectivity index is 1.62. The fraction of sp³-hybridized carbons (Fsp3) is 0.476.